The van der Waals surface area contributed by atoms with Crippen molar-refractivity contribution in [1.82, 2.24) is 39.8 Å². The van der Waals surface area contributed by atoms with E-state index in [0.29, 0.717) is 61.7 Å². The van der Waals surface area contributed by atoms with E-state index >= 15 is 4.79 Å². The maximum atomic E-state index is 15.1. The number of carbonyl (C=O) groups is 4. The molecule has 1 amide bonds. The summed E-state index contributed by atoms with van der Waals surface area (Å²) < 4.78 is 40.5. The monoisotopic (exact) mass is 978 g/mol. The van der Waals surface area contributed by atoms with Crippen LogP contribution in [0.15, 0.2) is 49.7 Å². The molecule has 0 aromatic carbocycles. The van der Waals surface area contributed by atoms with E-state index in [9.17, 15) is 19.5 Å². The van der Waals surface area contributed by atoms with Gasteiger partial charge in [0.2, 0.25) is 0 Å². The third-order valence-corrected chi connectivity index (χ3v) is 14.5. The molecule has 6 heterocycles. The standard InChI is InChI=1S/C50H75N9O11/c1-13-22-57(11)35-24-30(5)66-47(40(35)62)69-43-32(7)41(68-37(60)25-34-19-16-17-20-52-34)33(8)46(63)67-36(14-2)50(10)42(31(6)39(61)29(4)26-49(43,9)65-12)59(48(64)70-50)56-21-18-23-58-28-55-38-44(51-15-3)53-27-54-45(38)58/h13,16-17,19-20,27-33,35-36,40-43,47,56,62H,1,14-15,18,21-26H2,2-12H3,(H,51,53,54)/t29-,30+,31+,32+,33-,35-,36-,40+,41+,42-,43-,47-,49-,50-/m1/s1. The summed E-state index contributed by atoms with van der Waals surface area (Å²) in [5.74, 6) is -4.53. The van der Waals surface area contributed by atoms with Crippen LogP contribution in [0.3, 0.4) is 0 Å². The number of imidazole rings is 1. The normalized spacial score (nSPS) is 33.3. The van der Waals surface area contributed by atoms with E-state index in [2.05, 4.69) is 37.3 Å². The van der Waals surface area contributed by atoms with Crippen LogP contribution in [0, 0.1) is 23.7 Å². The molecule has 0 spiro atoms. The predicted molar refractivity (Wildman–Crippen MR) is 259 cm³/mol. The van der Waals surface area contributed by atoms with Crippen LogP contribution in [0.4, 0.5) is 10.6 Å². The molecule has 3 aliphatic heterocycles. The van der Waals surface area contributed by atoms with E-state index in [1.54, 1.807) is 78.3 Å². The van der Waals surface area contributed by atoms with Gasteiger partial charge in [-0.05, 0) is 79.5 Å². The van der Waals surface area contributed by atoms with Crippen LogP contribution in [0.1, 0.15) is 93.7 Å². The van der Waals surface area contributed by atoms with Gasteiger partial charge in [-0.3, -0.25) is 24.3 Å². The van der Waals surface area contributed by atoms with Crippen molar-refractivity contribution >= 4 is 40.8 Å². The number of nitrogens with zero attached hydrogens (tertiary/aromatic N) is 7. The first-order valence-corrected chi connectivity index (χ1v) is 24.7. The molecule has 3 saturated heterocycles. The summed E-state index contributed by atoms with van der Waals surface area (Å²) in [6, 6.07) is 3.87. The van der Waals surface area contributed by atoms with Crippen LogP contribution in [0.25, 0.3) is 11.2 Å². The molecule has 0 aliphatic carbocycles. The van der Waals surface area contributed by atoms with Gasteiger partial charge in [0.1, 0.15) is 42.0 Å². The fourth-order valence-corrected chi connectivity index (χ4v) is 10.8. The molecule has 0 bridgehead atoms. The lowest BCUT2D eigenvalue weighted by atomic mass is 9.73. The molecule has 3 aromatic heterocycles. The highest BCUT2D eigenvalue weighted by molar-refractivity contribution is 5.85. The zero-order chi connectivity index (χ0) is 51.1. The molecule has 20 nitrogen and oxygen atoms in total. The number of likely N-dealkylation sites (N-methyl/N-ethyl adjacent to an activating group) is 1. The fraction of sp³-hybridized carbons (Fsp3) is 0.680. The summed E-state index contributed by atoms with van der Waals surface area (Å²) in [6.07, 6.45) is 0.909. The highest BCUT2D eigenvalue weighted by atomic mass is 16.7. The van der Waals surface area contributed by atoms with Gasteiger partial charge in [0, 0.05) is 63.3 Å². The number of hydrogen-bond acceptors (Lipinski definition) is 18. The Kier molecular flexibility index (Phi) is 18.1. The second-order valence-corrected chi connectivity index (χ2v) is 19.6. The van der Waals surface area contributed by atoms with Gasteiger partial charge in [0.15, 0.2) is 23.4 Å². The van der Waals surface area contributed by atoms with Crippen molar-refractivity contribution in [3.8, 4) is 0 Å². The van der Waals surface area contributed by atoms with Crippen LogP contribution in [0.5, 0.6) is 0 Å². The number of esters is 2. The minimum atomic E-state index is -1.53. The molecule has 70 heavy (non-hydrogen) atoms. The van der Waals surface area contributed by atoms with E-state index in [1.165, 1.54) is 18.4 Å². The number of ketones is 1. The number of hydrazine groups is 1. The molecule has 0 unspecified atom stereocenters. The van der Waals surface area contributed by atoms with Crippen molar-refractivity contribution in [2.24, 2.45) is 23.7 Å². The Bertz CT molecular complexity index is 2270. The number of Topliss-reactive ketones (excluding diaryl/α,β-unsaturated/α-hetero) is 1. The van der Waals surface area contributed by atoms with Crippen molar-refractivity contribution in [3.05, 3.63) is 55.4 Å². The van der Waals surface area contributed by atoms with E-state index in [-0.39, 0.29) is 37.2 Å². The quantitative estimate of drug-likeness (QED) is 0.0707. The number of pyridine rings is 1. The Morgan fingerprint density at radius 1 is 1.07 bits per heavy atom. The number of methoxy groups -OCH3 is 1. The van der Waals surface area contributed by atoms with Crippen LogP contribution >= 0.6 is 0 Å². The first-order chi connectivity index (χ1) is 33.3. The van der Waals surface area contributed by atoms with Gasteiger partial charge in [-0.25, -0.2) is 30.2 Å². The summed E-state index contributed by atoms with van der Waals surface area (Å²) in [7, 11) is 3.40. The molecule has 3 aromatic rings. The Labute approximate surface area is 411 Å². The SMILES string of the molecule is C=CCN(C)[C@@H]1C[C@H](C)O[C@H](O[C@@H]2[C@@H](C)[C@H](OC(=O)Cc3ccccn3)[C@@H](C)C(=O)O[C@H](CC)[C@@]3(C)OC(=O)N(NCCCn4cnc5c(NCC)ncnc54)[C@@H]3[C@@H](C)C(=O)[C@H](C)C[C@@]2(C)OC)[C@H]1O. The van der Waals surface area contributed by atoms with Crippen LogP contribution < -0.4 is 10.7 Å². The highest BCUT2D eigenvalue weighted by Gasteiger charge is 2.61. The van der Waals surface area contributed by atoms with Crippen molar-refractivity contribution in [2.45, 2.75) is 161 Å². The predicted octanol–water partition coefficient (Wildman–Crippen LogP) is 4.89. The number of aliphatic hydroxyl groups is 1. The van der Waals surface area contributed by atoms with E-state index in [0.717, 1.165) is 0 Å². The molecule has 0 saturated carbocycles. The third-order valence-electron chi connectivity index (χ3n) is 14.5. The molecular weight excluding hydrogens is 903 g/mol. The molecule has 20 heteroatoms. The molecule has 6 rings (SSSR count). The molecule has 3 aliphatic rings. The van der Waals surface area contributed by atoms with E-state index in [4.69, 9.17) is 28.4 Å². The number of aliphatic hydroxyl groups excluding tert-OH is 1. The second kappa shape index (κ2) is 23.4. The van der Waals surface area contributed by atoms with Gasteiger partial charge in [-0.2, -0.15) is 0 Å². The van der Waals surface area contributed by atoms with Crippen molar-refractivity contribution < 1.29 is 52.7 Å². The van der Waals surface area contributed by atoms with Gasteiger partial charge in [0.25, 0.3) is 0 Å². The zero-order valence-electron chi connectivity index (χ0n) is 42.7. The smallest absolute Gasteiger partial charge is 0.425 e. The molecule has 0 radical (unpaired) electrons. The summed E-state index contributed by atoms with van der Waals surface area (Å²) in [5.41, 5.74) is 2.16. The zero-order valence-corrected chi connectivity index (χ0v) is 42.7. The largest absolute Gasteiger partial charge is 0.461 e. The Morgan fingerprint density at radius 3 is 2.50 bits per heavy atom. The van der Waals surface area contributed by atoms with Gasteiger partial charge in [-0.1, -0.05) is 39.8 Å². The van der Waals surface area contributed by atoms with Crippen LogP contribution in [0.2, 0.25) is 0 Å². The maximum Gasteiger partial charge on any atom is 0.425 e. The molecule has 3 N–H and O–H groups in total. The Morgan fingerprint density at radius 2 is 1.83 bits per heavy atom. The minimum absolute atomic E-state index is 0.0774. The van der Waals surface area contributed by atoms with Gasteiger partial charge >= 0.3 is 18.0 Å². The lowest BCUT2D eigenvalue weighted by Crippen LogP contribution is -2.62. The minimum Gasteiger partial charge on any atom is -0.461 e. The molecule has 14 atom stereocenters. The number of cyclic esters (lactones) is 1. The number of carbonyl (C=O) groups excluding carboxylic acids is 4. The molecule has 3 fully saturated rings. The Hall–Kier alpha value is -5.12. The summed E-state index contributed by atoms with van der Waals surface area (Å²) in [5, 5.41) is 16.5. The number of nitrogens with one attached hydrogen (secondary N) is 2. The lowest BCUT2D eigenvalue weighted by molar-refractivity contribution is -0.302. The van der Waals surface area contributed by atoms with Crippen molar-refractivity contribution in [3.63, 3.8) is 0 Å². The molecular formula is C50H75N9O11. The van der Waals surface area contributed by atoms with E-state index in [1.807, 2.05) is 37.3 Å². The topological polar surface area (TPSA) is 231 Å². The average Bonchev–Trinajstić information content (AvgIpc) is 3.87. The summed E-state index contributed by atoms with van der Waals surface area (Å²) in [6.45, 7) is 22.0. The fourth-order valence-electron chi connectivity index (χ4n) is 10.8. The number of aromatic nitrogens is 5. The van der Waals surface area contributed by atoms with Crippen molar-refractivity contribution in [1.29, 1.82) is 0 Å². The number of aryl methyl sites for hydroxylation is 1. The highest BCUT2D eigenvalue weighted by Crippen LogP contribution is 2.43. The first-order valence-electron chi connectivity index (χ1n) is 24.7. The van der Waals surface area contributed by atoms with Gasteiger partial charge < -0.3 is 43.4 Å². The van der Waals surface area contributed by atoms with Gasteiger partial charge in [0.05, 0.1) is 42.2 Å². The van der Waals surface area contributed by atoms with Crippen LogP contribution in [-0.2, 0) is 55.8 Å². The first kappa shape index (κ1) is 54.2. The summed E-state index contributed by atoms with van der Waals surface area (Å²) >= 11 is 0. The van der Waals surface area contributed by atoms with Crippen molar-refractivity contribution in [2.75, 3.05) is 39.1 Å². The van der Waals surface area contributed by atoms with E-state index < -0.39 is 89.7 Å². The Balaban J connectivity index is 1.36. The number of amides is 1. The number of anilines is 1. The maximum absolute atomic E-state index is 15.1. The summed E-state index contributed by atoms with van der Waals surface area (Å²) in [4.78, 5) is 77.5. The molecule has 386 valence electrons. The average molecular weight is 978 g/mol. The lowest BCUT2D eigenvalue weighted by Gasteiger charge is -2.48. The number of rotatable bonds is 17. The van der Waals surface area contributed by atoms with Gasteiger partial charge in [-0.15, -0.1) is 6.58 Å². The second-order valence-electron chi connectivity index (χ2n) is 19.6. The number of fused-ring (bicyclic) bond motifs is 2. The number of hydrogen-bond donors (Lipinski definition) is 3. The number of ether oxygens (including phenoxy) is 6. The third kappa shape index (κ3) is 11.6. The van der Waals surface area contributed by atoms with Crippen LogP contribution in [-0.4, -0.2) is 157 Å².